The van der Waals surface area contributed by atoms with E-state index in [-0.39, 0.29) is 0 Å². The van der Waals surface area contributed by atoms with Crippen molar-refractivity contribution in [2.24, 2.45) is 0 Å². The average molecular weight is 226 g/mol. The summed E-state index contributed by atoms with van der Waals surface area (Å²) in [5.41, 5.74) is 1.86. The molecule has 5 nitrogen and oxygen atoms in total. The van der Waals surface area contributed by atoms with E-state index < -0.39 is 0 Å². The third kappa shape index (κ3) is 2.55. The molecule has 0 fully saturated rings. The molecule has 0 unspecified atom stereocenters. The van der Waals surface area contributed by atoms with Crippen LogP contribution >= 0.6 is 0 Å². The maximum atomic E-state index is 8.65. The molecular weight excluding hydrogens is 216 g/mol. The number of pyridine rings is 1. The summed E-state index contributed by atoms with van der Waals surface area (Å²) in [5.74, 6) is 0.481. The standard InChI is InChI=1S/C12H10N4O/c1-2-17-12-8-14-7-11(16-12)9-3-4-10(5-13)15-6-9/h3-4,6-8H,2H2,1H3. The number of rotatable bonds is 3. The highest BCUT2D eigenvalue weighted by Gasteiger charge is 2.03. The number of ether oxygens (including phenoxy) is 1. The van der Waals surface area contributed by atoms with Gasteiger partial charge in [0.2, 0.25) is 5.88 Å². The smallest absolute Gasteiger partial charge is 0.232 e. The molecule has 0 atom stereocenters. The van der Waals surface area contributed by atoms with Crippen molar-refractivity contribution in [3.63, 3.8) is 0 Å². The Hall–Kier alpha value is -2.48. The van der Waals surface area contributed by atoms with Crippen LogP contribution in [0.4, 0.5) is 0 Å². The molecule has 0 saturated carbocycles. The van der Waals surface area contributed by atoms with Crippen molar-refractivity contribution in [2.75, 3.05) is 6.61 Å². The van der Waals surface area contributed by atoms with E-state index in [1.165, 1.54) is 0 Å². The van der Waals surface area contributed by atoms with Crippen molar-refractivity contribution in [1.82, 2.24) is 15.0 Å². The van der Waals surface area contributed by atoms with Gasteiger partial charge in [-0.2, -0.15) is 5.26 Å². The van der Waals surface area contributed by atoms with E-state index in [1.807, 2.05) is 13.0 Å². The fourth-order valence-electron chi connectivity index (χ4n) is 1.32. The summed E-state index contributed by atoms with van der Waals surface area (Å²) in [7, 11) is 0. The number of hydrogen-bond acceptors (Lipinski definition) is 5. The van der Waals surface area contributed by atoms with Gasteiger partial charge < -0.3 is 4.74 Å². The van der Waals surface area contributed by atoms with Crippen LogP contribution in [0.3, 0.4) is 0 Å². The molecule has 0 radical (unpaired) electrons. The van der Waals surface area contributed by atoms with Crippen molar-refractivity contribution in [1.29, 1.82) is 5.26 Å². The Balaban J connectivity index is 2.32. The molecule has 0 aliphatic carbocycles. The molecule has 2 aromatic rings. The van der Waals surface area contributed by atoms with Gasteiger partial charge in [0.15, 0.2) is 0 Å². The highest BCUT2D eigenvalue weighted by atomic mass is 16.5. The second-order valence-corrected chi connectivity index (χ2v) is 3.22. The second-order valence-electron chi connectivity index (χ2n) is 3.22. The summed E-state index contributed by atoms with van der Waals surface area (Å²) in [4.78, 5) is 12.3. The Bertz CT molecular complexity index is 545. The van der Waals surface area contributed by atoms with Gasteiger partial charge in [-0.3, -0.25) is 4.98 Å². The lowest BCUT2D eigenvalue weighted by molar-refractivity contribution is 0.325. The molecule has 2 aromatic heterocycles. The molecule has 84 valence electrons. The number of nitriles is 1. The van der Waals surface area contributed by atoms with E-state index in [0.29, 0.717) is 23.9 Å². The Labute approximate surface area is 98.7 Å². The molecule has 0 amide bonds. The Morgan fingerprint density at radius 2 is 2.18 bits per heavy atom. The van der Waals surface area contributed by atoms with Crippen molar-refractivity contribution in [3.8, 4) is 23.2 Å². The van der Waals surface area contributed by atoms with Crippen molar-refractivity contribution >= 4 is 0 Å². The fraction of sp³-hybridized carbons (Fsp3) is 0.167. The molecule has 0 N–H and O–H groups in total. The number of aromatic nitrogens is 3. The van der Waals surface area contributed by atoms with Gasteiger partial charge >= 0.3 is 0 Å². The number of hydrogen-bond donors (Lipinski definition) is 0. The topological polar surface area (TPSA) is 71.7 Å². The van der Waals surface area contributed by atoms with Crippen LogP contribution in [0.1, 0.15) is 12.6 Å². The van der Waals surface area contributed by atoms with Gasteiger partial charge in [0.25, 0.3) is 0 Å². The first-order chi connectivity index (χ1) is 8.33. The average Bonchev–Trinajstić information content (AvgIpc) is 2.40. The van der Waals surface area contributed by atoms with Gasteiger partial charge in [-0.05, 0) is 19.1 Å². The third-order valence-corrected chi connectivity index (χ3v) is 2.08. The normalized spacial score (nSPS) is 9.65. The Morgan fingerprint density at radius 1 is 1.29 bits per heavy atom. The van der Waals surface area contributed by atoms with E-state index in [2.05, 4.69) is 15.0 Å². The first-order valence-corrected chi connectivity index (χ1v) is 5.15. The van der Waals surface area contributed by atoms with Crippen LogP contribution in [0.2, 0.25) is 0 Å². The summed E-state index contributed by atoms with van der Waals surface area (Å²) in [5, 5.41) is 8.65. The van der Waals surface area contributed by atoms with Crippen LogP contribution < -0.4 is 4.74 Å². The fourth-order valence-corrected chi connectivity index (χ4v) is 1.32. The van der Waals surface area contributed by atoms with E-state index in [9.17, 15) is 0 Å². The summed E-state index contributed by atoms with van der Waals surface area (Å²) in [6.45, 7) is 2.43. The zero-order valence-corrected chi connectivity index (χ0v) is 9.29. The first-order valence-electron chi connectivity index (χ1n) is 5.15. The van der Waals surface area contributed by atoms with E-state index in [0.717, 1.165) is 5.56 Å². The minimum atomic E-state index is 0.377. The molecule has 0 spiro atoms. The van der Waals surface area contributed by atoms with Crippen LogP contribution in [0.5, 0.6) is 5.88 Å². The Kier molecular flexibility index (Phi) is 3.26. The quantitative estimate of drug-likeness (QED) is 0.798. The van der Waals surface area contributed by atoms with Gasteiger partial charge in [0, 0.05) is 11.8 Å². The largest absolute Gasteiger partial charge is 0.477 e. The summed E-state index contributed by atoms with van der Waals surface area (Å²) in [6, 6.07) is 5.39. The zero-order valence-electron chi connectivity index (χ0n) is 9.29. The molecule has 0 saturated heterocycles. The molecule has 17 heavy (non-hydrogen) atoms. The molecule has 5 heteroatoms. The SMILES string of the molecule is CCOc1cncc(-c2ccc(C#N)nc2)n1. The van der Waals surface area contributed by atoms with Crippen LogP contribution in [-0.2, 0) is 0 Å². The number of nitrogens with zero attached hydrogens (tertiary/aromatic N) is 4. The van der Waals surface area contributed by atoms with Gasteiger partial charge in [-0.15, -0.1) is 0 Å². The van der Waals surface area contributed by atoms with Gasteiger partial charge in [0.05, 0.1) is 24.7 Å². The minimum Gasteiger partial charge on any atom is -0.477 e. The third-order valence-electron chi connectivity index (χ3n) is 2.08. The molecule has 0 aliphatic rings. The van der Waals surface area contributed by atoms with E-state index in [4.69, 9.17) is 10.00 Å². The van der Waals surface area contributed by atoms with Crippen molar-refractivity contribution in [3.05, 3.63) is 36.4 Å². The Morgan fingerprint density at radius 3 is 2.82 bits per heavy atom. The predicted octanol–water partition coefficient (Wildman–Crippen LogP) is 1.81. The molecule has 0 aliphatic heterocycles. The molecule has 0 bridgehead atoms. The van der Waals surface area contributed by atoms with Gasteiger partial charge in [-0.1, -0.05) is 0 Å². The lowest BCUT2D eigenvalue weighted by Crippen LogP contribution is -1.96. The monoisotopic (exact) mass is 226 g/mol. The van der Waals surface area contributed by atoms with Crippen molar-refractivity contribution < 1.29 is 4.74 Å². The predicted molar refractivity (Wildman–Crippen MR) is 61.1 cm³/mol. The van der Waals surface area contributed by atoms with Gasteiger partial charge in [0.1, 0.15) is 11.8 Å². The van der Waals surface area contributed by atoms with Gasteiger partial charge in [-0.25, -0.2) is 9.97 Å². The summed E-state index contributed by atoms with van der Waals surface area (Å²) in [6.07, 6.45) is 4.79. The molecule has 2 rings (SSSR count). The summed E-state index contributed by atoms with van der Waals surface area (Å²) >= 11 is 0. The minimum absolute atomic E-state index is 0.377. The van der Waals surface area contributed by atoms with Crippen LogP contribution in [0.15, 0.2) is 30.7 Å². The van der Waals surface area contributed by atoms with Crippen LogP contribution in [0, 0.1) is 11.3 Å². The second kappa shape index (κ2) is 5.03. The van der Waals surface area contributed by atoms with Crippen LogP contribution in [0.25, 0.3) is 11.3 Å². The highest BCUT2D eigenvalue weighted by molar-refractivity contribution is 5.57. The highest BCUT2D eigenvalue weighted by Crippen LogP contribution is 2.17. The molecular formula is C12H10N4O. The maximum Gasteiger partial charge on any atom is 0.232 e. The lowest BCUT2D eigenvalue weighted by atomic mass is 10.2. The van der Waals surface area contributed by atoms with E-state index >= 15 is 0 Å². The first kappa shape index (κ1) is 11.0. The maximum absolute atomic E-state index is 8.65. The molecule has 0 aromatic carbocycles. The molecule has 2 heterocycles. The summed E-state index contributed by atoms with van der Waals surface area (Å²) < 4.78 is 5.27. The van der Waals surface area contributed by atoms with E-state index in [1.54, 1.807) is 30.7 Å². The van der Waals surface area contributed by atoms with Crippen molar-refractivity contribution in [2.45, 2.75) is 6.92 Å². The zero-order chi connectivity index (χ0) is 12.1. The lowest BCUT2D eigenvalue weighted by Gasteiger charge is -2.03. The van der Waals surface area contributed by atoms with Crippen LogP contribution in [-0.4, -0.2) is 21.6 Å².